The van der Waals surface area contributed by atoms with E-state index in [2.05, 4.69) is 54.5 Å². The van der Waals surface area contributed by atoms with Gasteiger partial charge in [0.05, 0.1) is 5.69 Å². The summed E-state index contributed by atoms with van der Waals surface area (Å²) in [6, 6.07) is 16.7. The van der Waals surface area contributed by atoms with E-state index in [9.17, 15) is 0 Å². The molecule has 0 N–H and O–H groups in total. The summed E-state index contributed by atoms with van der Waals surface area (Å²) >= 11 is 0. The van der Waals surface area contributed by atoms with Crippen LogP contribution in [0.2, 0.25) is 0 Å². The van der Waals surface area contributed by atoms with Crippen molar-refractivity contribution >= 4 is 10.8 Å². The van der Waals surface area contributed by atoms with Crippen LogP contribution in [-0.4, -0.2) is 9.78 Å². The smallest absolute Gasteiger partial charge is 0.0726 e. The Labute approximate surface area is 94.1 Å². The standard InChI is InChI=1S/C14H12N2/c1-11-9-10-15-16(11)14-8-4-6-12-5-2-3-7-13(12)14/h2-10H,1H3. The molecule has 0 spiro atoms. The SMILES string of the molecule is Cc1ccnn1-c1cccc2ccccc12. The summed E-state index contributed by atoms with van der Waals surface area (Å²) in [4.78, 5) is 0. The Bertz CT molecular complexity index is 633. The highest BCUT2D eigenvalue weighted by atomic mass is 15.3. The number of benzene rings is 2. The average molecular weight is 208 g/mol. The minimum atomic E-state index is 1.14. The third-order valence-electron chi connectivity index (χ3n) is 2.83. The van der Waals surface area contributed by atoms with Gasteiger partial charge in [-0.2, -0.15) is 5.10 Å². The van der Waals surface area contributed by atoms with Gasteiger partial charge in [0, 0.05) is 17.3 Å². The van der Waals surface area contributed by atoms with E-state index < -0.39 is 0 Å². The molecule has 2 aromatic carbocycles. The Morgan fingerprint density at radius 2 is 1.75 bits per heavy atom. The Hall–Kier alpha value is -2.09. The lowest BCUT2D eigenvalue weighted by Gasteiger charge is -2.08. The molecule has 2 heteroatoms. The van der Waals surface area contributed by atoms with Gasteiger partial charge < -0.3 is 0 Å². The van der Waals surface area contributed by atoms with Gasteiger partial charge in [-0.1, -0.05) is 36.4 Å². The fraction of sp³-hybridized carbons (Fsp3) is 0.0714. The van der Waals surface area contributed by atoms with E-state index in [1.807, 2.05) is 16.9 Å². The Morgan fingerprint density at radius 3 is 2.56 bits per heavy atom. The Kier molecular flexibility index (Phi) is 2.00. The Balaban J connectivity index is 2.36. The van der Waals surface area contributed by atoms with Gasteiger partial charge in [-0.3, -0.25) is 0 Å². The van der Waals surface area contributed by atoms with E-state index in [0.717, 1.165) is 11.4 Å². The molecule has 3 aromatic rings. The maximum atomic E-state index is 4.35. The fourth-order valence-corrected chi connectivity index (χ4v) is 2.01. The molecule has 0 radical (unpaired) electrons. The minimum absolute atomic E-state index is 1.14. The highest BCUT2D eigenvalue weighted by molar-refractivity contribution is 5.90. The molecule has 0 amide bonds. The van der Waals surface area contributed by atoms with Crippen LogP contribution < -0.4 is 0 Å². The zero-order chi connectivity index (χ0) is 11.0. The molecule has 0 aliphatic rings. The van der Waals surface area contributed by atoms with Crippen LogP contribution in [0.4, 0.5) is 0 Å². The second-order valence-electron chi connectivity index (χ2n) is 3.88. The van der Waals surface area contributed by atoms with Crippen molar-refractivity contribution in [2.45, 2.75) is 6.92 Å². The molecule has 16 heavy (non-hydrogen) atoms. The quantitative estimate of drug-likeness (QED) is 0.599. The van der Waals surface area contributed by atoms with Crippen LogP contribution in [0.15, 0.2) is 54.7 Å². The van der Waals surface area contributed by atoms with E-state index in [4.69, 9.17) is 0 Å². The molecule has 0 aliphatic heterocycles. The molecule has 2 nitrogen and oxygen atoms in total. The number of hydrogen-bond acceptors (Lipinski definition) is 1. The Morgan fingerprint density at radius 1 is 0.938 bits per heavy atom. The zero-order valence-electron chi connectivity index (χ0n) is 9.09. The lowest BCUT2D eigenvalue weighted by Crippen LogP contribution is -1.98. The van der Waals surface area contributed by atoms with E-state index in [-0.39, 0.29) is 0 Å². The number of rotatable bonds is 1. The van der Waals surface area contributed by atoms with Crippen molar-refractivity contribution in [1.82, 2.24) is 9.78 Å². The summed E-state index contributed by atoms with van der Waals surface area (Å²) in [7, 11) is 0. The van der Waals surface area contributed by atoms with Gasteiger partial charge in [0.15, 0.2) is 0 Å². The summed E-state index contributed by atoms with van der Waals surface area (Å²) in [5.41, 5.74) is 2.29. The lowest BCUT2D eigenvalue weighted by molar-refractivity contribution is 0.854. The summed E-state index contributed by atoms with van der Waals surface area (Å²) in [6.45, 7) is 2.06. The normalized spacial score (nSPS) is 10.8. The van der Waals surface area contributed by atoms with Crippen LogP contribution in [-0.2, 0) is 0 Å². The van der Waals surface area contributed by atoms with Gasteiger partial charge in [0.2, 0.25) is 0 Å². The molecule has 3 rings (SSSR count). The summed E-state index contributed by atoms with van der Waals surface area (Å²) in [6.07, 6.45) is 1.83. The van der Waals surface area contributed by atoms with Crippen LogP contribution in [0, 0.1) is 6.92 Å². The van der Waals surface area contributed by atoms with Gasteiger partial charge in [0.1, 0.15) is 0 Å². The van der Waals surface area contributed by atoms with Crippen molar-refractivity contribution < 1.29 is 0 Å². The van der Waals surface area contributed by atoms with Crippen LogP contribution in [0.3, 0.4) is 0 Å². The van der Waals surface area contributed by atoms with Crippen LogP contribution >= 0.6 is 0 Å². The first-order valence-corrected chi connectivity index (χ1v) is 5.35. The van der Waals surface area contributed by atoms with E-state index >= 15 is 0 Å². The van der Waals surface area contributed by atoms with Gasteiger partial charge >= 0.3 is 0 Å². The lowest BCUT2D eigenvalue weighted by atomic mass is 10.1. The van der Waals surface area contributed by atoms with E-state index in [1.165, 1.54) is 10.8 Å². The minimum Gasteiger partial charge on any atom is -0.237 e. The zero-order valence-corrected chi connectivity index (χ0v) is 9.09. The maximum absolute atomic E-state index is 4.35. The molecule has 0 unspecified atom stereocenters. The molecule has 0 atom stereocenters. The van der Waals surface area contributed by atoms with E-state index in [0.29, 0.717) is 0 Å². The molecule has 0 aliphatic carbocycles. The molecule has 1 heterocycles. The van der Waals surface area contributed by atoms with Crippen molar-refractivity contribution in [3.05, 3.63) is 60.4 Å². The summed E-state index contributed by atoms with van der Waals surface area (Å²) < 4.78 is 1.97. The van der Waals surface area contributed by atoms with Gasteiger partial charge in [0.25, 0.3) is 0 Å². The third kappa shape index (κ3) is 1.31. The second-order valence-corrected chi connectivity index (χ2v) is 3.88. The number of aromatic nitrogens is 2. The van der Waals surface area contributed by atoms with Gasteiger partial charge in [-0.05, 0) is 24.4 Å². The number of nitrogens with zero attached hydrogens (tertiary/aromatic N) is 2. The molecule has 0 bridgehead atoms. The molecular formula is C14H12N2. The van der Waals surface area contributed by atoms with Gasteiger partial charge in [-0.25, -0.2) is 4.68 Å². The van der Waals surface area contributed by atoms with Crippen molar-refractivity contribution in [2.24, 2.45) is 0 Å². The molecular weight excluding hydrogens is 196 g/mol. The number of aryl methyl sites for hydroxylation is 1. The van der Waals surface area contributed by atoms with Crippen molar-refractivity contribution in [3.63, 3.8) is 0 Å². The molecule has 0 saturated heterocycles. The highest BCUT2D eigenvalue weighted by Gasteiger charge is 2.04. The van der Waals surface area contributed by atoms with Crippen molar-refractivity contribution in [3.8, 4) is 5.69 Å². The average Bonchev–Trinajstić information content (AvgIpc) is 2.75. The first-order valence-electron chi connectivity index (χ1n) is 5.35. The maximum Gasteiger partial charge on any atom is 0.0726 e. The van der Waals surface area contributed by atoms with Crippen LogP contribution in [0.5, 0.6) is 0 Å². The van der Waals surface area contributed by atoms with E-state index in [1.54, 1.807) is 0 Å². The number of fused-ring (bicyclic) bond motifs is 1. The second kappa shape index (κ2) is 3.49. The predicted molar refractivity (Wildman–Crippen MR) is 65.8 cm³/mol. The van der Waals surface area contributed by atoms with Crippen molar-refractivity contribution in [1.29, 1.82) is 0 Å². The largest absolute Gasteiger partial charge is 0.237 e. The molecule has 0 saturated carbocycles. The highest BCUT2D eigenvalue weighted by Crippen LogP contribution is 2.22. The molecule has 1 aromatic heterocycles. The number of hydrogen-bond donors (Lipinski definition) is 0. The summed E-state index contributed by atoms with van der Waals surface area (Å²) in [5.74, 6) is 0. The molecule has 0 fully saturated rings. The molecule has 78 valence electrons. The predicted octanol–water partition coefficient (Wildman–Crippen LogP) is 3.33. The first kappa shape index (κ1) is 9.16. The monoisotopic (exact) mass is 208 g/mol. The first-order chi connectivity index (χ1) is 7.86. The van der Waals surface area contributed by atoms with Crippen LogP contribution in [0.25, 0.3) is 16.5 Å². The topological polar surface area (TPSA) is 17.8 Å². The van der Waals surface area contributed by atoms with Crippen molar-refractivity contribution in [2.75, 3.05) is 0 Å². The van der Waals surface area contributed by atoms with Crippen LogP contribution in [0.1, 0.15) is 5.69 Å². The fourth-order valence-electron chi connectivity index (χ4n) is 2.01. The third-order valence-corrected chi connectivity index (χ3v) is 2.83. The van der Waals surface area contributed by atoms with Gasteiger partial charge in [-0.15, -0.1) is 0 Å². The summed E-state index contributed by atoms with van der Waals surface area (Å²) in [5, 5.41) is 6.83.